The van der Waals surface area contributed by atoms with Crippen molar-refractivity contribution >= 4 is 11.8 Å². The van der Waals surface area contributed by atoms with Crippen molar-refractivity contribution in [1.82, 2.24) is 5.32 Å². The molecule has 1 saturated heterocycles. The van der Waals surface area contributed by atoms with Gasteiger partial charge < -0.3 is 35.8 Å². The van der Waals surface area contributed by atoms with E-state index in [1.807, 2.05) is 58.9 Å². The van der Waals surface area contributed by atoms with Gasteiger partial charge in [0, 0.05) is 29.7 Å². The Balaban J connectivity index is 2.04. The van der Waals surface area contributed by atoms with Gasteiger partial charge in [-0.3, -0.25) is 10.2 Å². The second kappa shape index (κ2) is 14.0. The van der Waals surface area contributed by atoms with Crippen LogP contribution in [0, 0.1) is 11.3 Å². The van der Waals surface area contributed by atoms with Crippen molar-refractivity contribution < 1.29 is 34.0 Å². The maximum atomic E-state index is 14.1. The number of rotatable bonds is 12. The van der Waals surface area contributed by atoms with E-state index in [2.05, 4.69) is 5.32 Å². The molecule has 10 heteroatoms. The molecule has 0 bridgehead atoms. The molecule has 1 fully saturated rings. The molecule has 1 aromatic rings. The molecule has 0 radical (unpaired) electrons. The quantitative estimate of drug-likeness (QED) is 0.177. The lowest BCUT2D eigenvalue weighted by Crippen LogP contribution is -2.58. The summed E-state index contributed by atoms with van der Waals surface area (Å²) >= 11 is 0. The molecule has 38 heavy (non-hydrogen) atoms. The molecule has 214 valence electrons. The molecule has 0 aromatic heterocycles. The normalized spacial score (nSPS) is 24.6. The first-order valence-corrected chi connectivity index (χ1v) is 13.2. The predicted molar refractivity (Wildman–Crippen MR) is 143 cm³/mol. The lowest BCUT2D eigenvalue weighted by Gasteiger charge is -2.38. The zero-order valence-electron chi connectivity index (χ0n) is 23.0. The van der Waals surface area contributed by atoms with E-state index in [1.165, 1.54) is 0 Å². The lowest BCUT2D eigenvalue weighted by molar-refractivity contribution is -0.269. The number of ether oxygens (including phenoxy) is 2. The number of aliphatic hydroxyl groups is 3. The topological polar surface area (TPSA) is 158 Å². The van der Waals surface area contributed by atoms with E-state index >= 15 is 0 Å². The summed E-state index contributed by atoms with van der Waals surface area (Å²) in [5, 5.41) is 41.0. The van der Waals surface area contributed by atoms with Crippen LogP contribution in [0.3, 0.4) is 0 Å². The number of carbonyl (C=O) groups is 1. The van der Waals surface area contributed by atoms with Gasteiger partial charge in [0.05, 0.1) is 6.61 Å². The number of aliphatic hydroxyl groups excluding tert-OH is 3. The minimum atomic E-state index is -1.99. The fourth-order valence-corrected chi connectivity index (χ4v) is 4.00. The number of carbonyl (C=O) groups excluding carboxylic acids is 1. The molecule has 0 spiro atoms. The Morgan fingerprint density at radius 3 is 2.37 bits per heavy atom. The van der Waals surface area contributed by atoms with Crippen LogP contribution in [0.1, 0.15) is 65.0 Å². The Hall–Kier alpha value is -2.53. The van der Waals surface area contributed by atoms with E-state index in [4.69, 9.17) is 20.6 Å². The van der Waals surface area contributed by atoms with Gasteiger partial charge in [-0.15, -0.1) is 0 Å². The van der Waals surface area contributed by atoms with Gasteiger partial charge in [0.2, 0.25) is 18.1 Å². The van der Waals surface area contributed by atoms with Crippen LogP contribution in [0.25, 0.3) is 0 Å². The Bertz CT molecular complexity index is 964. The fourth-order valence-electron chi connectivity index (χ4n) is 4.00. The van der Waals surface area contributed by atoms with Gasteiger partial charge >= 0.3 is 0 Å². The standard InChI is InChI=1S/C28H44FN3O6/c1-6-28(4,5)32-21(34)9-7-8-17-10-12-18(13-11-17)14-19(23(30)16(2)3)26(31)38-27-25(36)24(35)22(29)20(15-33)37-27/h10-13,16,20,22,24-25,27,31,33,35-36H,6-9,14-15,30H2,1-5H3,(H,32,34)/b23-19-,31-26?. The Labute approximate surface area is 224 Å². The summed E-state index contributed by atoms with van der Waals surface area (Å²) in [5.41, 5.74) is 8.81. The van der Waals surface area contributed by atoms with Crippen molar-refractivity contribution in [3.8, 4) is 0 Å². The monoisotopic (exact) mass is 537 g/mol. The summed E-state index contributed by atoms with van der Waals surface area (Å²) in [4.78, 5) is 12.2. The number of nitrogens with one attached hydrogen (secondary N) is 2. The second-order valence-corrected chi connectivity index (χ2v) is 10.8. The smallest absolute Gasteiger partial charge is 0.231 e. The third-order valence-electron chi connectivity index (χ3n) is 6.91. The first kappa shape index (κ1) is 31.7. The lowest BCUT2D eigenvalue weighted by atomic mass is 9.96. The van der Waals surface area contributed by atoms with Crippen LogP contribution in [0.2, 0.25) is 0 Å². The molecular weight excluding hydrogens is 493 g/mol. The molecule has 9 nitrogen and oxygen atoms in total. The summed E-state index contributed by atoms with van der Waals surface area (Å²) in [5.74, 6) is -0.440. The highest BCUT2D eigenvalue weighted by atomic mass is 19.1. The van der Waals surface area contributed by atoms with Gasteiger partial charge in [0.25, 0.3) is 0 Å². The summed E-state index contributed by atoms with van der Waals surface area (Å²) in [7, 11) is 0. The van der Waals surface area contributed by atoms with Gasteiger partial charge in [0.15, 0.2) is 6.17 Å². The highest BCUT2D eigenvalue weighted by molar-refractivity contribution is 5.92. The number of alkyl halides is 1. The molecule has 0 saturated carbocycles. The van der Waals surface area contributed by atoms with E-state index in [1.54, 1.807) is 0 Å². The largest absolute Gasteiger partial charge is 0.445 e. The molecular formula is C28H44FN3O6. The van der Waals surface area contributed by atoms with E-state index < -0.39 is 37.4 Å². The van der Waals surface area contributed by atoms with Crippen LogP contribution in [0.15, 0.2) is 35.5 Å². The molecule has 1 heterocycles. The van der Waals surface area contributed by atoms with E-state index in [9.17, 15) is 24.5 Å². The van der Waals surface area contributed by atoms with Crippen molar-refractivity contribution in [2.24, 2.45) is 11.7 Å². The van der Waals surface area contributed by atoms with Crippen LogP contribution < -0.4 is 11.1 Å². The first-order chi connectivity index (χ1) is 17.8. The van der Waals surface area contributed by atoms with Crippen LogP contribution in [-0.2, 0) is 27.1 Å². The van der Waals surface area contributed by atoms with Gasteiger partial charge in [0.1, 0.15) is 18.3 Å². The number of allylic oxidation sites excluding steroid dienone is 1. The number of amides is 1. The molecule has 0 aliphatic carbocycles. The zero-order chi connectivity index (χ0) is 28.6. The Morgan fingerprint density at radius 1 is 1.21 bits per heavy atom. The van der Waals surface area contributed by atoms with E-state index in [0.29, 0.717) is 17.7 Å². The van der Waals surface area contributed by atoms with Crippen molar-refractivity contribution in [2.75, 3.05) is 6.61 Å². The third-order valence-corrected chi connectivity index (χ3v) is 6.91. The second-order valence-electron chi connectivity index (χ2n) is 10.8. The zero-order valence-corrected chi connectivity index (χ0v) is 23.0. The Morgan fingerprint density at radius 2 is 1.82 bits per heavy atom. The summed E-state index contributed by atoms with van der Waals surface area (Å²) in [6.07, 6.45) is -5.46. The molecule has 1 aliphatic rings. The minimum Gasteiger partial charge on any atom is -0.445 e. The molecule has 5 unspecified atom stereocenters. The number of aryl methyl sites for hydroxylation is 1. The summed E-state index contributed by atoms with van der Waals surface area (Å²) in [6.45, 7) is 9.06. The minimum absolute atomic E-state index is 0.0397. The molecule has 2 rings (SSSR count). The number of hydrogen-bond donors (Lipinski definition) is 6. The maximum Gasteiger partial charge on any atom is 0.231 e. The van der Waals surface area contributed by atoms with Crippen LogP contribution in [0.4, 0.5) is 4.39 Å². The number of hydrogen-bond acceptors (Lipinski definition) is 8. The van der Waals surface area contributed by atoms with Crippen molar-refractivity contribution in [3.63, 3.8) is 0 Å². The summed E-state index contributed by atoms with van der Waals surface area (Å²) in [6, 6.07) is 7.77. The molecule has 1 amide bonds. The number of benzene rings is 1. The predicted octanol–water partition coefficient (Wildman–Crippen LogP) is 2.50. The van der Waals surface area contributed by atoms with E-state index in [-0.39, 0.29) is 29.7 Å². The van der Waals surface area contributed by atoms with Crippen LogP contribution >= 0.6 is 0 Å². The van der Waals surface area contributed by atoms with Gasteiger partial charge in [-0.1, -0.05) is 45.0 Å². The average molecular weight is 538 g/mol. The van der Waals surface area contributed by atoms with Crippen LogP contribution in [0.5, 0.6) is 0 Å². The highest BCUT2D eigenvalue weighted by Gasteiger charge is 2.46. The van der Waals surface area contributed by atoms with E-state index in [0.717, 1.165) is 30.4 Å². The SMILES string of the molecule is CCC(C)(C)NC(=O)CCCc1ccc(C/C(C(=N)OC2OC(CO)C(F)C(O)C2O)=C(/N)C(C)C)cc1. The van der Waals surface area contributed by atoms with Crippen LogP contribution in [-0.4, -0.2) is 70.0 Å². The van der Waals surface area contributed by atoms with Crippen molar-refractivity contribution in [2.45, 2.75) is 103 Å². The van der Waals surface area contributed by atoms with Gasteiger partial charge in [-0.2, -0.15) is 0 Å². The average Bonchev–Trinajstić information content (AvgIpc) is 2.87. The molecule has 7 N–H and O–H groups in total. The maximum absolute atomic E-state index is 14.1. The van der Waals surface area contributed by atoms with Gasteiger partial charge in [-0.05, 0) is 50.2 Å². The van der Waals surface area contributed by atoms with Crippen molar-refractivity contribution in [3.05, 3.63) is 46.7 Å². The first-order valence-electron chi connectivity index (χ1n) is 13.2. The molecule has 1 aromatic carbocycles. The van der Waals surface area contributed by atoms with Gasteiger partial charge in [-0.25, -0.2) is 4.39 Å². The number of halogens is 1. The van der Waals surface area contributed by atoms with Crippen molar-refractivity contribution in [1.29, 1.82) is 5.41 Å². The third kappa shape index (κ3) is 8.76. The summed E-state index contributed by atoms with van der Waals surface area (Å²) < 4.78 is 24.8. The Kier molecular flexibility index (Phi) is 11.7. The molecule has 5 atom stereocenters. The highest BCUT2D eigenvalue weighted by Crippen LogP contribution is 2.26. The molecule has 1 aliphatic heterocycles. The fraction of sp³-hybridized carbons (Fsp3) is 0.643. The number of nitrogens with two attached hydrogens (primary N) is 1.